The molecule has 1 aliphatic rings. The van der Waals surface area contributed by atoms with Crippen LogP contribution in [0.2, 0.25) is 0 Å². The second-order valence-corrected chi connectivity index (χ2v) is 6.09. The fraction of sp³-hybridized carbons (Fsp3) is 0.714. The molecule has 3 atom stereocenters. The second-order valence-electron chi connectivity index (χ2n) is 5.23. The maximum atomic E-state index is 10.7. The van der Waals surface area contributed by atoms with Crippen molar-refractivity contribution in [2.75, 3.05) is 6.61 Å². The molecular weight excluding hydrogens is 296 g/mol. The molecule has 0 bridgehead atoms. The van der Waals surface area contributed by atoms with E-state index in [1.807, 2.05) is 13.0 Å². The monoisotopic (exact) mass is 316 g/mol. The van der Waals surface area contributed by atoms with Crippen LogP contribution in [0.4, 0.5) is 0 Å². The number of ether oxygens (including phenoxy) is 1. The Morgan fingerprint density at radius 1 is 1.67 bits per heavy atom. The molecule has 4 heteroatoms. The number of rotatable bonds is 4. The van der Waals surface area contributed by atoms with Crippen LogP contribution in [0, 0.1) is 5.92 Å². The van der Waals surface area contributed by atoms with E-state index in [9.17, 15) is 5.11 Å². The van der Waals surface area contributed by atoms with Crippen molar-refractivity contribution >= 4 is 15.9 Å². The van der Waals surface area contributed by atoms with E-state index in [0.717, 1.165) is 23.7 Å². The van der Waals surface area contributed by atoms with Gasteiger partial charge in [-0.05, 0) is 47.7 Å². The Labute approximate surface area is 117 Å². The van der Waals surface area contributed by atoms with Gasteiger partial charge in [0.1, 0.15) is 17.5 Å². The maximum absolute atomic E-state index is 10.7. The average Bonchev–Trinajstić information content (AvgIpc) is 2.75. The third kappa shape index (κ3) is 2.65. The summed E-state index contributed by atoms with van der Waals surface area (Å²) < 4.78 is 12.2. The van der Waals surface area contributed by atoms with Crippen molar-refractivity contribution in [2.45, 2.75) is 51.2 Å². The van der Waals surface area contributed by atoms with Gasteiger partial charge in [0, 0.05) is 6.61 Å². The lowest BCUT2D eigenvalue weighted by molar-refractivity contribution is -0.155. The molecule has 102 valence electrons. The molecule has 1 saturated carbocycles. The minimum atomic E-state index is -0.704. The van der Waals surface area contributed by atoms with Crippen molar-refractivity contribution in [3.05, 3.63) is 22.6 Å². The first-order valence-corrected chi connectivity index (χ1v) is 7.43. The second kappa shape index (κ2) is 5.76. The summed E-state index contributed by atoms with van der Waals surface area (Å²) >= 11 is 3.41. The van der Waals surface area contributed by atoms with Crippen molar-refractivity contribution in [1.82, 2.24) is 0 Å². The molecule has 0 spiro atoms. The minimum Gasteiger partial charge on any atom is -0.465 e. The first kappa shape index (κ1) is 14.1. The van der Waals surface area contributed by atoms with Crippen LogP contribution in [-0.2, 0) is 4.74 Å². The molecule has 1 aromatic rings. The Bertz CT molecular complexity index is 386. The van der Waals surface area contributed by atoms with E-state index in [1.54, 1.807) is 6.26 Å². The SMILES string of the molecule is CCOC1(C(O)c2occc2Br)CCCC(C)C1. The lowest BCUT2D eigenvalue weighted by Gasteiger charge is -2.42. The summed E-state index contributed by atoms with van der Waals surface area (Å²) in [5, 5.41) is 10.7. The van der Waals surface area contributed by atoms with Crippen LogP contribution in [0.25, 0.3) is 0 Å². The van der Waals surface area contributed by atoms with Gasteiger partial charge in [-0.15, -0.1) is 0 Å². The summed E-state index contributed by atoms with van der Waals surface area (Å²) in [5.74, 6) is 1.16. The minimum absolute atomic E-state index is 0.493. The lowest BCUT2D eigenvalue weighted by Crippen LogP contribution is -2.43. The smallest absolute Gasteiger partial charge is 0.149 e. The van der Waals surface area contributed by atoms with Gasteiger partial charge in [0.25, 0.3) is 0 Å². The summed E-state index contributed by atoms with van der Waals surface area (Å²) in [5.41, 5.74) is -0.493. The van der Waals surface area contributed by atoms with Gasteiger partial charge in [0.05, 0.1) is 10.7 Å². The van der Waals surface area contributed by atoms with Gasteiger partial charge in [-0.25, -0.2) is 0 Å². The van der Waals surface area contributed by atoms with Gasteiger partial charge in [-0.2, -0.15) is 0 Å². The van der Waals surface area contributed by atoms with Crippen molar-refractivity contribution in [3.8, 4) is 0 Å². The van der Waals surface area contributed by atoms with Crippen LogP contribution in [-0.4, -0.2) is 17.3 Å². The van der Waals surface area contributed by atoms with E-state index >= 15 is 0 Å². The number of aliphatic hydroxyl groups excluding tert-OH is 1. The zero-order chi connectivity index (χ0) is 13.2. The molecule has 3 unspecified atom stereocenters. The zero-order valence-corrected chi connectivity index (χ0v) is 12.6. The molecule has 0 saturated heterocycles. The summed E-state index contributed by atoms with van der Waals surface area (Å²) in [4.78, 5) is 0. The van der Waals surface area contributed by atoms with E-state index in [0.29, 0.717) is 18.3 Å². The number of furan rings is 1. The zero-order valence-electron chi connectivity index (χ0n) is 11.0. The molecule has 1 heterocycles. The Morgan fingerprint density at radius 3 is 3.00 bits per heavy atom. The fourth-order valence-electron chi connectivity index (χ4n) is 3.03. The number of halogens is 1. The largest absolute Gasteiger partial charge is 0.465 e. The lowest BCUT2D eigenvalue weighted by atomic mass is 9.75. The average molecular weight is 317 g/mol. The molecule has 0 aliphatic heterocycles. The van der Waals surface area contributed by atoms with Crippen LogP contribution in [0.3, 0.4) is 0 Å². The number of aliphatic hydroxyl groups is 1. The van der Waals surface area contributed by atoms with Crippen molar-refractivity contribution in [1.29, 1.82) is 0 Å². The summed E-state index contributed by atoms with van der Waals surface area (Å²) in [7, 11) is 0. The highest BCUT2D eigenvalue weighted by Gasteiger charge is 2.44. The summed E-state index contributed by atoms with van der Waals surface area (Å²) in [6, 6.07) is 1.81. The van der Waals surface area contributed by atoms with Crippen LogP contribution in [0.5, 0.6) is 0 Å². The highest BCUT2D eigenvalue weighted by molar-refractivity contribution is 9.10. The quantitative estimate of drug-likeness (QED) is 0.910. The van der Waals surface area contributed by atoms with E-state index in [-0.39, 0.29) is 0 Å². The number of hydrogen-bond donors (Lipinski definition) is 1. The standard InChI is InChI=1S/C14H21BrO3/c1-3-18-14(7-4-5-10(2)9-14)13(16)12-11(15)6-8-17-12/h6,8,10,13,16H,3-5,7,9H2,1-2H3. The highest BCUT2D eigenvalue weighted by Crippen LogP contribution is 2.45. The molecule has 0 radical (unpaired) electrons. The fourth-order valence-corrected chi connectivity index (χ4v) is 3.45. The molecule has 18 heavy (non-hydrogen) atoms. The molecule has 2 rings (SSSR count). The molecule has 0 amide bonds. The molecule has 1 N–H and O–H groups in total. The molecule has 0 aromatic carbocycles. The van der Waals surface area contributed by atoms with Crippen LogP contribution < -0.4 is 0 Å². The Kier molecular flexibility index (Phi) is 4.51. The molecule has 1 fully saturated rings. The van der Waals surface area contributed by atoms with Gasteiger partial charge in [0.15, 0.2) is 0 Å². The van der Waals surface area contributed by atoms with E-state index in [1.165, 1.54) is 6.42 Å². The van der Waals surface area contributed by atoms with E-state index < -0.39 is 11.7 Å². The third-order valence-corrected chi connectivity index (χ3v) is 4.47. The van der Waals surface area contributed by atoms with Gasteiger partial charge in [0.2, 0.25) is 0 Å². The maximum Gasteiger partial charge on any atom is 0.149 e. The molecule has 1 aromatic heterocycles. The predicted octanol–water partition coefficient (Wildman–Crippen LogP) is 4.06. The van der Waals surface area contributed by atoms with E-state index in [4.69, 9.17) is 9.15 Å². The normalized spacial score (nSPS) is 30.3. The Morgan fingerprint density at radius 2 is 2.44 bits per heavy atom. The molecular formula is C14H21BrO3. The Hall–Kier alpha value is -0.320. The van der Waals surface area contributed by atoms with Crippen molar-refractivity contribution in [2.24, 2.45) is 5.92 Å². The van der Waals surface area contributed by atoms with Gasteiger partial charge < -0.3 is 14.3 Å². The summed E-state index contributed by atoms with van der Waals surface area (Å²) in [6.07, 6.45) is 4.96. The van der Waals surface area contributed by atoms with E-state index in [2.05, 4.69) is 22.9 Å². The molecule has 3 nitrogen and oxygen atoms in total. The van der Waals surface area contributed by atoms with Crippen LogP contribution in [0.1, 0.15) is 51.4 Å². The van der Waals surface area contributed by atoms with Crippen molar-refractivity contribution in [3.63, 3.8) is 0 Å². The summed E-state index contributed by atoms with van der Waals surface area (Å²) in [6.45, 7) is 4.81. The van der Waals surface area contributed by atoms with Gasteiger partial charge in [-0.1, -0.05) is 19.8 Å². The first-order valence-electron chi connectivity index (χ1n) is 6.64. The first-order chi connectivity index (χ1) is 8.59. The van der Waals surface area contributed by atoms with Crippen LogP contribution in [0.15, 0.2) is 21.2 Å². The third-order valence-electron chi connectivity index (χ3n) is 3.81. The van der Waals surface area contributed by atoms with Gasteiger partial charge in [-0.3, -0.25) is 0 Å². The van der Waals surface area contributed by atoms with Crippen molar-refractivity contribution < 1.29 is 14.3 Å². The topological polar surface area (TPSA) is 42.6 Å². The Balaban J connectivity index is 2.26. The molecule has 1 aliphatic carbocycles. The number of hydrogen-bond acceptors (Lipinski definition) is 3. The van der Waals surface area contributed by atoms with Gasteiger partial charge >= 0.3 is 0 Å². The van der Waals surface area contributed by atoms with Crippen LogP contribution >= 0.6 is 15.9 Å². The highest BCUT2D eigenvalue weighted by atomic mass is 79.9. The predicted molar refractivity (Wildman–Crippen MR) is 73.4 cm³/mol.